The van der Waals surface area contributed by atoms with E-state index in [-0.39, 0.29) is 24.6 Å². The van der Waals surface area contributed by atoms with Crippen molar-refractivity contribution in [2.75, 3.05) is 13.2 Å². The Morgan fingerprint density at radius 1 is 0.679 bits per heavy atom. The van der Waals surface area contributed by atoms with Gasteiger partial charge in [0.15, 0.2) is 6.23 Å². The summed E-state index contributed by atoms with van der Waals surface area (Å²) in [5.41, 5.74) is 10.9. The lowest BCUT2D eigenvalue weighted by molar-refractivity contribution is -0.279. The van der Waals surface area contributed by atoms with Gasteiger partial charge in [-0.2, -0.15) is 0 Å². The summed E-state index contributed by atoms with van der Waals surface area (Å²) in [4.78, 5) is 13.6. The standard InChI is InChI=1S/C44H49BIN2O7P/c1-32(56(45)46)26-51-38-24-22-37(23-25-38)43(49)47-48-44-42(54-30-36-20-12-5-13-21-36)41(53-29-35-18-10-4-11-19-35)40(52-28-34-16-8-3-9-17-34)39(55-44)31-50-27-33-14-6-2-7-15-33/h2-25,32,39-42,44,48H,26-31,45H2,1H3,(H,47,49). The zero-order chi connectivity index (χ0) is 39.0. The minimum absolute atomic E-state index is 0.132. The lowest BCUT2D eigenvalue weighted by atomic mass is 9.97. The third kappa shape index (κ3) is 12.9. The number of ether oxygens (including phenoxy) is 6. The molecule has 1 fully saturated rings. The van der Waals surface area contributed by atoms with E-state index in [0.717, 1.165) is 28.0 Å². The molecule has 56 heavy (non-hydrogen) atoms. The molecule has 0 bridgehead atoms. The number of rotatable bonds is 20. The van der Waals surface area contributed by atoms with Gasteiger partial charge in [0.1, 0.15) is 37.7 Å². The lowest BCUT2D eigenvalue weighted by Gasteiger charge is -2.46. The molecule has 0 radical (unpaired) electrons. The van der Waals surface area contributed by atoms with Crippen molar-refractivity contribution in [2.45, 2.75) is 69.7 Å². The molecule has 0 spiro atoms. The lowest BCUT2D eigenvalue weighted by Crippen LogP contribution is -2.66. The first-order valence-electron chi connectivity index (χ1n) is 18.8. The Balaban J connectivity index is 1.25. The van der Waals surface area contributed by atoms with E-state index in [9.17, 15) is 4.79 Å². The predicted octanol–water partition coefficient (Wildman–Crippen LogP) is 7.77. The minimum Gasteiger partial charge on any atom is -0.493 e. The monoisotopic (exact) mass is 886 g/mol. The van der Waals surface area contributed by atoms with Crippen LogP contribution in [0.25, 0.3) is 0 Å². The summed E-state index contributed by atoms with van der Waals surface area (Å²) in [5, 5.41) is 0. The maximum atomic E-state index is 13.6. The van der Waals surface area contributed by atoms with Gasteiger partial charge in [0.05, 0.1) is 39.6 Å². The summed E-state index contributed by atoms with van der Waals surface area (Å²) < 4.78 is 39.3. The van der Waals surface area contributed by atoms with E-state index >= 15 is 0 Å². The molecule has 1 aliphatic rings. The molecule has 2 N–H and O–H groups in total. The van der Waals surface area contributed by atoms with Crippen molar-refractivity contribution in [3.05, 3.63) is 173 Å². The highest BCUT2D eigenvalue weighted by Gasteiger charge is 2.48. The van der Waals surface area contributed by atoms with Gasteiger partial charge in [-0.25, -0.2) is 5.43 Å². The summed E-state index contributed by atoms with van der Waals surface area (Å²) in [6.45, 7) is 4.32. The van der Waals surface area contributed by atoms with Crippen LogP contribution in [0.1, 0.15) is 39.5 Å². The second-order valence-corrected chi connectivity index (χ2v) is 20.2. The van der Waals surface area contributed by atoms with E-state index in [2.05, 4.69) is 47.4 Å². The molecule has 7 atom stereocenters. The van der Waals surface area contributed by atoms with Gasteiger partial charge < -0.3 is 28.4 Å². The summed E-state index contributed by atoms with van der Waals surface area (Å²) in [6.07, 6.45) is -3.39. The average molecular weight is 887 g/mol. The van der Waals surface area contributed by atoms with E-state index in [4.69, 9.17) is 28.4 Å². The largest absolute Gasteiger partial charge is 0.493 e. The van der Waals surface area contributed by atoms with Crippen LogP contribution in [0.3, 0.4) is 0 Å². The summed E-state index contributed by atoms with van der Waals surface area (Å²) in [6, 6.07) is 47.1. The van der Waals surface area contributed by atoms with Crippen molar-refractivity contribution >= 4 is 41.0 Å². The number of nitrogens with one attached hydrogen (secondary N) is 2. The summed E-state index contributed by atoms with van der Waals surface area (Å²) >= 11 is 2.47. The zero-order valence-electron chi connectivity index (χ0n) is 31.7. The van der Waals surface area contributed by atoms with Gasteiger partial charge >= 0.3 is 0 Å². The molecule has 0 aromatic heterocycles. The number of hydrogen-bond acceptors (Lipinski definition) is 8. The minimum atomic E-state index is -0.841. The highest BCUT2D eigenvalue weighted by molar-refractivity contribution is 14.2. The number of benzene rings is 5. The molecular formula is C44H49BIN2O7P. The van der Waals surface area contributed by atoms with Crippen molar-refractivity contribution in [1.82, 2.24) is 10.9 Å². The molecule has 1 saturated heterocycles. The highest BCUT2D eigenvalue weighted by Crippen LogP contribution is 2.44. The van der Waals surface area contributed by atoms with Gasteiger partial charge in [-0.15, -0.1) is 0 Å². The number of hydrogen-bond donors (Lipinski definition) is 2. The Hall–Kier alpha value is -3.65. The van der Waals surface area contributed by atoms with Crippen LogP contribution < -0.4 is 15.6 Å². The second kappa shape index (κ2) is 22.3. The SMILES string of the molecule is BP(I)C(C)COc1ccc(C(=O)NNC2OC(COCc3ccccc3)C(OCc3ccccc3)C(OCc3ccccc3)C2OCc2ccccc2)cc1. The highest BCUT2D eigenvalue weighted by atomic mass is 127. The molecule has 5 aromatic rings. The Bertz CT molecular complexity index is 1870. The van der Waals surface area contributed by atoms with Crippen molar-refractivity contribution in [3.8, 4) is 5.75 Å². The molecule has 1 aliphatic heterocycles. The van der Waals surface area contributed by atoms with E-state index < -0.39 is 30.6 Å². The molecule has 9 nitrogen and oxygen atoms in total. The van der Waals surface area contributed by atoms with Gasteiger partial charge in [0, 0.05) is 11.2 Å². The number of carbonyl (C=O) groups is 1. The van der Waals surface area contributed by atoms with Crippen LogP contribution in [0.4, 0.5) is 0 Å². The number of hydrazine groups is 1. The van der Waals surface area contributed by atoms with E-state index in [1.54, 1.807) is 12.1 Å². The number of carbonyl (C=O) groups excluding carboxylic acids is 1. The van der Waals surface area contributed by atoms with Crippen LogP contribution in [0.2, 0.25) is 0 Å². The average Bonchev–Trinajstić information content (AvgIpc) is 3.24. The quantitative estimate of drug-likeness (QED) is 0.0355. The molecule has 292 valence electrons. The molecule has 1 heterocycles. The van der Waals surface area contributed by atoms with Gasteiger partial charge in [-0.1, -0.05) is 156 Å². The van der Waals surface area contributed by atoms with E-state index in [1.165, 1.54) is 0 Å². The third-order valence-corrected chi connectivity index (χ3v) is 13.6. The maximum Gasteiger partial charge on any atom is 0.265 e. The van der Waals surface area contributed by atoms with Crippen LogP contribution in [-0.2, 0) is 50.1 Å². The first-order chi connectivity index (χ1) is 27.4. The van der Waals surface area contributed by atoms with Gasteiger partial charge in [-0.3, -0.25) is 10.2 Å². The number of halogens is 1. The fraction of sp³-hybridized carbons (Fsp3) is 0.295. The van der Waals surface area contributed by atoms with Gasteiger partial charge in [-0.05, 0) is 46.5 Å². The normalized spacial score (nSPS) is 20.5. The predicted molar refractivity (Wildman–Crippen MR) is 231 cm³/mol. The molecule has 0 aliphatic carbocycles. The van der Waals surface area contributed by atoms with E-state index in [1.807, 2.05) is 133 Å². The Morgan fingerprint density at radius 2 is 1.14 bits per heavy atom. The topological polar surface area (TPSA) is 96.5 Å². The third-order valence-electron chi connectivity index (χ3n) is 9.43. The van der Waals surface area contributed by atoms with Crippen LogP contribution >= 0.6 is 27.5 Å². The molecular weight excluding hydrogens is 837 g/mol. The maximum absolute atomic E-state index is 13.6. The van der Waals surface area contributed by atoms with Crippen LogP contribution in [-0.4, -0.2) is 63.0 Å². The fourth-order valence-electron chi connectivity index (χ4n) is 6.14. The molecule has 6 rings (SSSR count). The summed E-state index contributed by atoms with van der Waals surface area (Å²) in [7, 11) is 2.23. The Kier molecular flexibility index (Phi) is 16.7. The van der Waals surface area contributed by atoms with Crippen LogP contribution in [0, 0.1) is 0 Å². The van der Waals surface area contributed by atoms with Gasteiger partial charge in [0.25, 0.3) is 5.91 Å². The van der Waals surface area contributed by atoms with Crippen molar-refractivity contribution in [2.24, 2.45) is 0 Å². The Labute approximate surface area is 345 Å². The molecule has 7 unspecified atom stereocenters. The zero-order valence-corrected chi connectivity index (χ0v) is 34.8. The van der Waals surface area contributed by atoms with Crippen LogP contribution in [0.15, 0.2) is 146 Å². The molecule has 12 heteroatoms. The molecule has 5 aromatic carbocycles. The molecule has 1 amide bonds. The van der Waals surface area contributed by atoms with E-state index in [0.29, 0.717) is 37.6 Å². The Morgan fingerprint density at radius 3 is 1.64 bits per heavy atom. The smallest absolute Gasteiger partial charge is 0.265 e. The number of amides is 1. The first-order valence-corrected chi connectivity index (χ1v) is 23.5. The van der Waals surface area contributed by atoms with Crippen molar-refractivity contribution < 1.29 is 33.2 Å². The second-order valence-electron chi connectivity index (χ2n) is 13.7. The fourth-order valence-corrected chi connectivity index (χ4v) is 6.90. The van der Waals surface area contributed by atoms with Crippen LogP contribution in [0.5, 0.6) is 5.75 Å². The summed E-state index contributed by atoms with van der Waals surface area (Å²) in [5.74, 6) is 0.388. The van der Waals surface area contributed by atoms with Gasteiger partial charge in [0.2, 0.25) is 0 Å². The van der Waals surface area contributed by atoms with Crippen molar-refractivity contribution in [3.63, 3.8) is 0 Å². The molecule has 0 saturated carbocycles. The first kappa shape index (κ1) is 42.0. The van der Waals surface area contributed by atoms with Crippen molar-refractivity contribution in [1.29, 1.82) is 0 Å².